The van der Waals surface area contributed by atoms with E-state index in [1.54, 1.807) is 0 Å². The molecule has 0 aliphatic carbocycles. The Balaban J connectivity index is 3.79. The molecule has 0 fully saturated rings. The maximum atomic E-state index is 5.40. The highest BCUT2D eigenvalue weighted by atomic mass is 32.2. The molecule has 0 rings (SSSR count). The van der Waals surface area contributed by atoms with Crippen LogP contribution in [0, 0.1) is 0 Å². The van der Waals surface area contributed by atoms with E-state index >= 15 is 0 Å². The van der Waals surface area contributed by atoms with Gasteiger partial charge in [0.25, 0.3) is 0 Å². The zero-order chi connectivity index (χ0) is 7.28. The SMILES string of the molecule is C=C(CC)/N=C(\N)SC. The third-order valence-corrected chi connectivity index (χ3v) is 1.40. The fourth-order valence-electron chi connectivity index (χ4n) is 0.281. The number of allylic oxidation sites excluding steroid dienone is 1. The first-order valence-electron chi connectivity index (χ1n) is 2.76. The average molecular weight is 144 g/mol. The first kappa shape index (κ1) is 8.56. The minimum Gasteiger partial charge on any atom is -0.378 e. The molecule has 0 aromatic heterocycles. The third-order valence-electron chi connectivity index (χ3n) is 0.886. The maximum absolute atomic E-state index is 5.40. The molecule has 0 atom stereocenters. The van der Waals surface area contributed by atoms with E-state index in [1.165, 1.54) is 11.8 Å². The second-order valence-electron chi connectivity index (χ2n) is 1.57. The fourth-order valence-corrected chi connectivity index (χ4v) is 0.501. The summed E-state index contributed by atoms with van der Waals surface area (Å²) < 4.78 is 0. The van der Waals surface area contributed by atoms with Crippen LogP contribution in [0.5, 0.6) is 0 Å². The molecule has 0 saturated heterocycles. The van der Waals surface area contributed by atoms with Crippen LogP contribution < -0.4 is 5.73 Å². The molecule has 0 heterocycles. The number of hydrogen-bond donors (Lipinski definition) is 1. The van der Waals surface area contributed by atoms with E-state index in [1.807, 2.05) is 13.2 Å². The number of thioether (sulfide) groups is 1. The van der Waals surface area contributed by atoms with Crippen molar-refractivity contribution in [3.8, 4) is 0 Å². The topological polar surface area (TPSA) is 38.4 Å². The van der Waals surface area contributed by atoms with E-state index in [0.717, 1.165) is 12.1 Å². The molecule has 0 unspecified atom stereocenters. The van der Waals surface area contributed by atoms with Gasteiger partial charge in [0.15, 0.2) is 5.17 Å². The van der Waals surface area contributed by atoms with Crippen LogP contribution in [0.25, 0.3) is 0 Å². The maximum Gasteiger partial charge on any atom is 0.158 e. The summed E-state index contributed by atoms with van der Waals surface area (Å²) in [4.78, 5) is 3.98. The van der Waals surface area contributed by atoms with Gasteiger partial charge in [-0.15, -0.1) is 0 Å². The van der Waals surface area contributed by atoms with E-state index < -0.39 is 0 Å². The summed E-state index contributed by atoms with van der Waals surface area (Å²) in [6, 6.07) is 0. The standard InChI is InChI=1S/C6H12N2S/c1-4-5(2)8-6(7)9-3/h2,4H2,1,3H3,(H2,7,8). The van der Waals surface area contributed by atoms with Crippen molar-refractivity contribution in [2.24, 2.45) is 10.7 Å². The number of aliphatic imine (C=N–C) groups is 1. The van der Waals surface area contributed by atoms with Crippen molar-refractivity contribution in [3.05, 3.63) is 12.3 Å². The Kier molecular flexibility index (Phi) is 4.22. The van der Waals surface area contributed by atoms with Crippen molar-refractivity contribution < 1.29 is 0 Å². The van der Waals surface area contributed by atoms with E-state index in [2.05, 4.69) is 11.6 Å². The smallest absolute Gasteiger partial charge is 0.158 e. The Bertz CT molecular complexity index is 129. The second-order valence-corrected chi connectivity index (χ2v) is 2.40. The summed E-state index contributed by atoms with van der Waals surface area (Å²) in [7, 11) is 0. The van der Waals surface area contributed by atoms with Crippen LogP contribution in [-0.2, 0) is 0 Å². The van der Waals surface area contributed by atoms with E-state index in [9.17, 15) is 0 Å². The van der Waals surface area contributed by atoms with Crippen LogP contribution in [-0.4, -0.2) is 11.4 Å². The summed E-state index contributed by atoms with van der Waals surface area (Å²) in [5.74, 6) is 0. The lowest BCUT2D eigenvalue weighted by molar-refractivity contribution is 1.08. The molecule has 0 amide bonds. The van der Waals surface area contributed by atoms with Gasteiger partial charge in [-0.25, -0.2) is 4.99 Å². The molecule has 0 aliphatic rings. The van der Waals surface area contributed by atoms with Crippen molar-refractivity contribution in [2.75, 3.05) is 6.26 Å². The molecule has 0 radical (unpaired) electrons. The van der Waals surface area contributed by atoms with Crippen molar-refractivity contribution in [2.45, 2.75) is 13.3 Å². The Labute approximate surface area is 60.2 Å². The molecule has 2 nitrogen and oxygen atoms in total. The number of hydrogen-bond acceptors (Lipinski definition) is 2. The Morgan fingerprint density at radius 2 is 2.33 bits per heavy atom. The van der Waals surface area contributed by atoms with E-state index in [4.69, 9.17) is 5.73 Å². The van der Waals surface area contributed by atoms with Crippen molar-refractivity contribution in [1.82, 2.24) is 0 Å². The Morgan fingerprint density at radius 3 is 2.67 bits per heavy atom. The van der Waals surface area contributed by atoms with E-state index in [-0.39, 0.29) is 0 Å². The summed E-state index contributed by atoms with van der Waals surface area (Å²) in [5.41, 5.74) is 6.24. The molecule has 2 N–H and O–H groups in total. The Hall–Kier alpha value is -0.440. The lowest BCUT2D eigenvalue weighted by Crippen LogP contribution is -2.05. The van der Waals surface area contributed by atoms with Gasteiger partial charge in [-0.1, -0.05) is 25.3 Å². The van der Waals surface area contributed by atoms with Crippen LogP contribution in [0.15, 0.2) is 17.3 Å². The quantitative estimate of drug-likeness (QED) is 0.472. The molecule has 0 saturated carbocycles. The van der Waals surface area contributed by atoms with Crippen LogP contribution >= 0.6 is 11.8 Å². The van der Waals surface area contributed by atoms with Crippen LogP contribution in [0.3, 0.4) is 0 Å². The van der Waals surface area contributed by atoms with Crippen LogP contribution in [0.4, 0.5) is 0 Å². The Morgan fingerprint density at radius 1 is 1.78 bits per heavy atom. The van der Waals surface area contributed by atoms with Gasteiger partial charge in [0.05, 0.1) is 0 Å². The number of amidine groups is 1. The monoisotopic (exact) mass is 144 g/mol. The number of nitrogens with zero attached hydrogens (tertiary/aromatic N) is 1. The lowest BCUT2D eigenvalue weighted by atomic mass is 10.4. The fraction of sp³-hybridized carbons (Fsp3) is 0.500. The summed E-state index contributed by atoms with van der Waals surface area (Å²) in [6.45, 7) is 5.68. The lowest BCUT2D eigenvalue weighted by Gasteiger charge is -1.94. The predicted octanol–water partition coefficient (Wildman–Crippen LogP) is 1.59. The minimum atomic E-state index is 0.585. The first-order valence-corrected chi connectivity index (χ1v) is 3.99. The molecule has 52 valence electrons. The molecule has 0 spiro atoms. The summed E-state index contributed by atoms with van der Waals surface area (Å²) in [6.07, 6.45) is 2.75. The van der Waals surface area contributed by atoms with Gasteiger partial charge < -0.3 is 5.73 Å². The molecule has 0 bridgehead atoms. The minimum absolute atomic E-state index is 0.585. The van der Waals surface area contributed by atoms with Gasteiger partial charge in [0.2, 0.25) is 0 Å². The molecule has 0 aromatic carbocycles. The van der Waals surface area contributed by atoms with Gasteiger partial charge in [0, 0.05) is 5.70 Å². The van der Waals surface area contributed by atoms with Crippen molar-refractivity contribution >= 4 is 16.9 Å². The highest BCUT2D eigenvalue weighted by Crippen LogP contribution is 2.01. The van der Waals surface area contributed by atoms with Crippen molar-refractivity contribution in [3.63, 3.8) is 0 Å². The van der Waals surface area contributed by atoms with Gasteiger partial charge in [0.1, 0.15) is 0 Å². The molecule has 0 aliphatic heterocycles. The molecule has 0 aromatic rings. The first-order chi connectivity index (χ1) is 4.20. The molecule has 3 heteroatoms. The molecule has 9 heavy (non-hydrogen) atoms. The van der Waals surface area contributed by atoms with Gasteiger partial charge in [-0.3, -0.25) is 0 Å². The number of rotatable bonds is 2. The largest absolute Gasteiger partial charge is 0.378 e. The van der Waals surface area contributed by atoms with Crippen LogP contribution in [0.1, 0.15) is 13.3 Å². The zero-order valence-electron chi connectivity index (χ0n) is 5.85. The van der Waals surface area contributed by atoms with Gasteiger partial charge in [-0.2, -0.15) is 0 Å². The third kappa shape index (κ3) is 4.09. The van der Waals surface area contributed by atoms with E-state index in [0.29, 0.717) is 5.17 Å². The predicted molar refractivity (Wildman–Crippen MR) is 44.6 cm³/mol. The summed E-state index contributed by atoms with van der Waals surface area (Å²) >= 11 is 1.44. The zero-order valence-corrected chi connectivity index (χ0v) is 6.66. The van der Waals surface area contributed by atoms with Crippen LogP contribution in [0.2, 0.25) is 0 Å². The molecular weight excluding hydrogens is 132 g/mol. The normalized spacial score (nSPS) is 11.6. The second kappa shape index (κ2) is 4.44. The average Bonchev–Trinajstić information content (AvgIpc) is 1.87. The van der Waals surface area contributed by atoms with Gasteiger partial charge in [-0.05, 0) is 12.7 Å². The van der Waals surface area contributed by atoms with Gasteiger partial charge >= 0.3 is 0 Å². The highest BCUT2D eigenvalue weighted by molar-refractivity contribution is 8.13. The summed E-state index contributed by atoms with van der Waals surface area (Å²) in [5, 5.41) is 0.585. The molecular formula is C6H12N2S. The number of nitrogens with two attached hydrogens (primary N) is 1. The van der Waals surface area contributed by atoms with Crippen molar-refractivity contribution in [1.29, 1.82) is 0 Å². The highest BCUT2D eigenvalue weighted by Gasteiger charge is 1.87.